The standard InChI is InChI=1S/C16H28N2O3/c19-14(20)11-16(8-2-1-3-9-16)12-18-15(21)17-10-4-5-13-6-7-13/h13H,1-12H2,(H,19,20)(H2,17,18,21). The predicted octanol–water partition coefficient (Wildman–Crippen LogP) is 2.90. The van der Waals surface area contributed by atoms with Gasteiger partial charge in [-0.05, 0) is 37.0 Å². The number of hydrogen-bond donors (Lipinski definition) is 3. The smallest absolute Gasteiger partial charge is 0.314 e. The third kappa shape index (κ3) is 5.94. The molecule has 0 aliphatic heterocycles. The second-order valence-electron chi connectivity index (χ2n) is 6.83. The van der Waals surface area contributed by atoms with E-state index in [-0.39, 0.29) is 17.9 Å². The zero-order valence-electron chi connectivity index (χ0n) is 12.8. The molecule has 0 saturated heterocycles. The Labute approximate surface area is 126 Å². The Kier molecular flexibility index (Phi) is 5.88. The van der Waals surface area contributed by atoms with Gasteiger partial charge in [-0.3, -0.25) is 4.79 Å². The molecular formula is C16H28N2O3. The number of carboxylic acids is 1. The van der Waals surface area contributed by atoms with E-state index in [2.05, 4.69) is 10.6 Å². The van der Waals surface area contributed by atoms with Crippen LogP contribution in [0.5, 0.6) is 0 Å². The first-order valence-electron chi connectivity index (χ1n) is 8.33. The summed E-state index contributed by atoms with van der Waals surface area (Å²) in [7, 11) is 0. The minimum absolute atomic E-state index is 0.152. The number of rotatable bonds is 8. The van der Waals surface area contributed by atoms with Crippen LogP contribution in [0.4, 0.5) is 4.79 Å². The number of hydrogen-bond acceptors (Lipinski definition) is 2. The number of amides is 2. The Morgan fingerprint density at radius 3 is 2.43 bits per heavy atom. The Hall–Kier alpha value is -1.26. The van der Waals surface area contributed by atoms with Gasteiger partial charge in [-0.1, -0.05) is 32.1 Å². The first kappa shape index (κ1) is 16.1. The van der Waals surface area contributed by atoms with Gasteiger partial charge in [0.15, 0.2) is 0 Å². The summed E-state index contributed by atoms with van der Waals surface area (Å²) in [5.41, 5.74) is -0.241. The van der Waals surface area contributed by atoms with E-state index in [0.717, 1.165) is 38.0 Å². The van der Waals surface area contributed by atoms with Crippen LogP contribution in [-0.2, 0) is 4.79 Å². The topological polar surface area (TPSA) is 78.4 Å². The lowest BCUT2D eigenvalue weighted by atomic mass is 9.72. The first-order valence-corrected chi connectivity index (χ1v) is 8.33. The van der Waals surface area contributed by atoms with Crippen molar-refractivity contribution in [3.63, 3.8) is 0 Å². The highest BCUT2D eigenvalue weighted by atomic mass is 16.4. The fraction of sp³-hybridized carbons (Fsp3) is 0.875. The Balaban J connectivity index is 1.66. The summed E-state index contributed by atoms with van der Waals surface area (Å²) >= 11 is 0. The molecule has 5 heteroatoms. The van der Waals surface area contributed by atoms with Gasteiger partial charge in [-0.2, -0.15) is 0 Å². The zero-order valence-corrected chi connectivity index (χ0v) is 12.8. The van der Waals surface area contributed by atoms with E-state index >= 15 is 0 Å². The van der Waals surface area contributed by atoms with Gasteiger partial charge in [-0.15, -0.1) is 0 Å². The van der Waals surface area contributed by atoms with Gasteiger partial charge in [0.2, 0.25) is 0 Å². The van der Waals surface area contributed by atoms with Crippen molar-refractivity contribution in [3.05, 3.63) is 0 Å². The largest absolute Gasteiger partial charge is 0.481 e. The summed E-state index contributed by atoms with van der Waals surface area (Å²) in [6, 6.07) is -0.152. The quantitative estimate of drug-likeness (QED) is 0.603. The van der Waals surface area contributed by atoms with E-state index < -0.39 is 5.97 Å². The molecule has 0 aromatic heterocycles. The summed E-state index contributed by atoms with van der Waals surface area (Å²) in [5, 5.41) is 14.9. The molecule has 2 fully saturated rings. The van der Waals surface area contributed by atoms with Crippen LogP contribution >= 0.6 is 0 Å². The lowest BCUT2D eigenvalue weighted by Crippen LogP contribution is -2.44. The maximum absolute atomic E-state index is 11.8. The Morgan fingerprint density at radius 1 is 1.10 bits per heavy atom. The highest BCUT2D eigenvalue weighted by Gasteiger charge is 2.34. The molecule has 5 nitrogen and oxygen atoms in total. The normalized spacial score (nSPS) is 20.8. The Morgan fingerprint density at radius 2 is 1.81 bits per heavy atom. The van der Waals surface area contributed by atoms with Crippen LogP contribution in [0.15, 0.2) is 0 Å². The summed E-state index contributed by atoms with van der Waals surface area (Å²) in [6.45, 7) is 1.20. The number of carbonyl (C=O) groups is 2. The third-order valence-corrected chi connectivity index (χ3v) is 4.84. The average molecular weight is 296 g/mol. The van der Waals surface area contributed by atoms with Crippen LogP contribution in [0, 0.1) is 11.3 Å². The number of carboxylic acid groups (broad SMARTS) is 1. The van der Waals surface area contributed by atoms with Gasteiger partial charge in [0.05, 0.1) is 6.42 Å². The fourth-order valence-electron chi connectivity index (χ4n) is 3.37. The third-order valence-electron chi connectivity index (χ3n) is 4.84. The van der Waals surface area contributed by atoms with Gasteiger partial charge in [-0.25, -0.2) is 4.79 Å². The molecule has 0 unspecified atom stereocenters. The first-order chi connectivity index (χ1) is 10.1. The van der Waals surface area contributed by atoms with E-state index in [4.69, 9.17) is 5.11 Å². The van der Waals surface area contributed by atoms with Gasteiger partial charge in [0.1, 0.15) is 0 Å². The van der Waals surface area contributed by atoms with E-state index in [9.17, 15) is 9.59 Å². The number of aliphatic carboxylic acids is 1. The summed E-state index contributed by atoms with van der Waals surface area (Å²) < 4.78 is 0. The molecule has 0 heterocycles. The van der Waals surface area contributed by atoms with Gasteiger partial charge in [0.25, 0.3) is 0 Å². The van der Waals surface area contributed by atoms with Gasteiger partial charge < -0.3 is 15.7 Å². The molecule has 3 N–H and O–H groups in total. The zero-order chi connectivity index (χ0) is 15.1. The van der Waals surface area contributed by atoms with Crippen molar-refractivity contribution in [1.29, 1.82) is 0 Å². The lowest BCUT2D eigenvalue weighted by Gasteiger charge is -2.36. The monoisotopic (exact) mass is 296 g/mol. The van der Waals surface area contributed by atoms with Crippen molar-refractivity contribution in [3.8, 4) is 0 Å². The Bertz CT molecular complexity index is 361. The number of nitrogens with one attached hydrogen (secondary N) is 2. The molecule has 0 radical (unpaired) electrons. The van der Waals surface area contributed by atoms with Crippen LogP contribution < -0.4 is 10.6 Å². The van der Waals surface area contributed by atoms with Crippen molar-refractivity contribution >= 4 is 12.0 Å². The fourth-order valence-corrected chi connectivity index (χ4v) is 3.37. The van der Waals surface area contributed by atoms with E-state index in [0.29, 0.717) is 13.1 Å². The van der Waals surface area contributed by atoms with Gasteiger partial charge >= 0.3 is 12.0 Å². The maximum atomic E-state index is 11.8. The highest BCUT2D eigenvalue weighted by molar-refractivity contribution is 5.74. The van der Waals surface area contributed by atoms with Crippen molar-refractivity contribution in [1.82, 2.24) is 10.6 Å². The molecule has 0 spiro atoms. The van der Waals surface area contributed by atoms with E-state index in [1.165, 1.54) is 25.7 Å². The molecule has 120 valence electrons. The SMILES string of the molecule is O=C(O)CC1(CNC(=O)NCCCC2CC2)CCCCC1. The maximum Gasteiger partial charge on any atom is 0.314 e. The van der Waals surface area contributed by atoms with Crippen molar-refractivity contribution < 1.29 is 14.7 Å². The summed E-state index contributed by atoms with van der Waals surface area (Å²) in [6.07, 6.45) is 10.2. The van der Waals surface area contributed by atoms with Crippen LogP contribution in [0.3, 0.4) is 0 Å². The number of urea groups is 1. The molecule has 2 rings (SSSR count). The molecule has 2 saturated carbocycles. The van der Waals surface area contributed by atoms with Crippen LogP contribution in [-0.4, -0.2) is 30.2 Å². The molecule has 2 aliphatic carbocycles. The minimum atomic E-state index is -0.761. The molecule has 0 aromatic carbocycles. The van der Waals surface area contributed by atoms with Crippen molar-refractivity contribution in [2.24, 2.45) is 11.3 Å². The molecule has 21 heavy (non-hydrogen) atoms. The second kappa shape index (κ2) is 7.66. The molecule has 0 aromatic rings. The van der Waals surface area contributed by atoms with Crippen molar-refractivity contribution in [2.75, 3.05) is 13.1 Å². The molecule has 0 atom stereocenters. The summed E-state index contributed by atoms with van der Waals surface area (Å²) in [5.74, 6) is 0.138. The molecule has 2 amide bonds. The minimum Gasteiger partial charge on any atom is -0.481 e. The molecular weight excluding hydrogens is 268 g/mol. The lowest BCUT2D eigenvalue weighted by molar-refractivity contribution is -0.140. The van der Waals surface area contributed by atoms with Crippen LogP contribution in [0.1, 0.15) is 64.2 Å². The van der Waals surface area contributed by atoms with Crippen LogP contribution in [0.25, 0.3) is 0 Å². The molecule has 0 bridgehead atoms. The number of carbonyl (C=O) groups excluding carboxylic acids is 1. The van der Waals surface area contributed by atoms with Crippen LogP contribution in [0.2, 0.25) is 0 Å². The van der Waals surface area contributed by atoms with Gasteiger partial charge in [0, 0.05) is 13.1 Å². The second-order valence-corrected chi connectivity index (χ2v) is 6.83. The summed E-state index contributed by atoms with van der Waals surface area (Å²) in [4.78, 5) is 22.9. The van der Waals surface area contributed by atoms with Crippen molar-refractivity contribution in [2.45, 2.75) is 64.2 Å². The van der Waals surface area contributed by atoms with E-state index in [1.54, 1.807) is 0 Å². The van der Waals surface area contributed by atoms with E-state index in [1.807, 2.05) is 0 Å². The highest BCUT2D eigenvalue weighted by Crippen LogP contribution is 2.38. The molecule has 2 aliphatic rings. The predicted molar refractivity (Wildman–Crippen MR) is 81.1 cm³/mol. The average Bonchev–Trinajstić information content (AvgIpc) is 3.26.